The molecule has 25 heavy (non-hydrogen) atoms. The second kappa shape index (κ2) is 8.10. The first kappa shape index (κ1) is 17.4. The number of piperidine rings is 1. The van der Waals surface area contributed by atoms with E-state index in [4.69, 9.17) is 0 Å². The molecule has 2 heterocycles. The minimum absolute atomic E-state index is 0.00932. The highest BCUT2D eigenvalue weighted by Crippen LogP contribution is 2.21. The van der Waals surface area contributed by atoms with Crippen LogP contribution in [0.1, 0.15) is 38.7 Å². The first-order valence-corrected chi connectivity index (χ1v) is 9.05. The third kappa shape index (κ3) is 4.78. The van der Waals surface area contributed by atoms with E-state index in [9.17, 15) is 4.79 Å². The van der Waals surface area contributed by atoms with Crippen molar-refractivity contribution < 1.29 is 4.79 Å². The quantitative estimate of drug-likeness (QED) is 0.909. The van der Waals surface area contributed by atoms with Gasteiger partial charge in [0.2, 0.25) is 11.9 Å². The Morgan fingerprint density at radius 2 is 1.72 bits per heavy atom. The lowest BCUT2D eigenvalue weighted by Crippen LogP contribution is -2.31. The summed E-state index contributed by atoms with van der Waals surface area (Å²) in [5, 5.41) is 2.91. The third-order valence-corrected chi connectivity index (χ3v) is 4.56. The fourth-order valence-electron chi connectivity index (χ4n) is 3.31. The first-order chi connectivity index (χ1) is 12.1. The normalized spacial score (nSPS) is 15.7. The fraction of sp³-hybridized carbons (Fsp3) is 0.450. The lowest BCUT2D eigenvalue weighted by molar-refractivity contribution is -0.119. The Bertz CT molecular complexity index is 691. The summed E-state index contributed by atoms with van der Waals surface area (Å²) in [5.74, 6) is 0.847. The van der Waals surface area contributed by atoms with Crippen molar-refractivity contribution in [2.24, 2.45) is 0 Å². The van der Waals surface area contributed by atoms with Gasteiger partial charge in [-0.05, 0) is 43.7 Å². The molecule has 5 nitrogen and oxygen atoms in total. The van der Waals surface area contributed by atoms with Gasteiger partial charge in [0.25, 0.3) is 0 Å². The van der Waals surface area contributed by atoms with Gasteiger partial charge in [-0.15, -0.1) is 0 Å². The molecule has 0 saturated carbocycles. The van der Waals surface area contributed by atoms with Gasteiger partial charge in [-0.2, -0.15) is 0 Å². The van der Waals surface area contributed by atoms with E-state index in [2.05, 4.69) is 44.5 Å². The molecular weight excluding hydrogens is 312 g/mol. The predicted octanol–water partition coefficient (Wildman–Crippen LogP) is 3.20. The Hall–Kier alpha value is -2.43. The molecule has 1 amide bonds. The SMILES string of the molecule is CC(=O)NC(C)Cc1ccc(-c2cnc(N3CCCCC3)nc2)cc1. The van der Waals surface area contributed by atoms with E-state index in [-0.39, 0.29) is 11.9 Å². The maximum Gasteiger partial charge on any atom is 0.225 e. The maximum absolute atomic E-state index is 11.1. The van der Waals surface area contributed by atoms with Gasteiger partial charge in [0, 0.05) is 44.0 Å². The summed E-state index contributed by atoms with van der Waals surface area (Å²) >= 11 is 0. The van der Waals surface area contributed by atoms with Crippen LogP contribution < -0.4 is 10.2 Å². The number of nitrogens with zero attached hydrogens (tertiary/aromatic N) is 3. The number of carbonyl (C=O) groups is 1. The van der Waals surface area contributed by atoms with E-state index in [1.807, 2.05) is 19.3 Å². The largest absolute Gasteiger partial charge is 0.354 e. The van der Waals surface area contributed by atoms with Gasteiger partial charge >= 0.3 is 0 Å². The second-order valence-corrected chi connectivity index (χ2v) is 6.82. The zero-order chi connectivity index (χ0) is 17.6. The number of aromatic nitrogens is 2. The van der Waals surface area contributed by atoms with Crippen molar-refractivity contribution in [3.05, 3.63) is 42.2 Å². The Morgan fingerprint density at radius 1 is 1.08 bits per heavy atom. The molecule has 1 N–H and O–H groups in total. The molecule has 132 valence electrons. The average Bonchev–Trinajstić information content (AvgIpc) is 2.62. The summed E-state index contributed by atoms with van der Waals surface area (Å²) in [7, 11) is 0. The molecule has 5 heteroatoms. The summed E-state index contributed by atoms with van der Waals surface area (Å²) in [4.78, 5) is 22.5. The average molecular weight is 338 g/mol. The second-order valence-electron chi connectivity index (χ2n) is 6.82. The van der Waals surface area contributed by atoms with Gasteiger partial charge in [0.1, 0.15) is 0 Å². The zero-order valence-corrected chi connectivity index (χ0v) is 15.0. The molecule has 1 saturated heterocycles. The fourth-order valence-corrected chi connectivity index (χ4v) is 3.31. The molecule has 0 spiro atoms. The summed E-state index contributed by atoms with van der Waals surface area (Å²) < 4.78 is 0. The number of hydrogen-bond acceptors (Lipinski definition) is 4. The molecular formula is C20H26N4O. The molecule has 1 aromatic heterocycles. The summed E-state index contributed by atoms with van der Waals surface area (Å²) in [6.45, 7) is 5.68. The van der Waals surface area contributed by atoms with E-state index in [1.165, 1.54) is 24.8 Å². The number of benzene rings is 1. The molecule has 1 aliphatic heterocycles. The van der Waals surface area contributed by atoms with Crippen LogP contribution in [-0.4, -0.2) is 35.0 Å². The summed E-state index contributed by atoms with van der Waals surface area (Å²) in [6.07, 6.45) is 8.40. The molecule has 0 radical (unpaired) electrons. The predicted molar refractivity (Wildman–Crippen MR) is 101 cm³/mol. The van der Waals surface area contributed by atoms with Crippen molar-refractivity contribution in [1.82, 2.24) is 15.3 Å². The van der Waals surface area contributed by atoms with Crippen LogP contribution in [0.5, 0.6) is 0 Å². The van der Waals surface area contributed by atoms with Crippen LogP contribution >= 0.6 is 0 Å². The number of carbonyl (C=O) groups excluding carboxylic acids is 1. The topological polar surface area (TPSA) is 58.1 Å². The molecule has 0 bridgehead atoms. The number of nitrogens with one attached hydrogen (secondary N) is 1. The number of rotatable bonds is 5. The number of hydrogen-bond donors (Lipinski definition) is 1. The molecule has 1 fully saturated rings. The van der Waals surface area contributed by atoms with E-state index < -0.39 is 0 Å². The van der Waals surface area contributed by atoms with E-state index >= 15 is 0 Å². The van der Waals surface area contributed by atoms with Crippen LogP contribution in [0.3, 0.4) is 0 Å². The van der Waals surface area contributed by atoms with Gasteiger partial charge in [0.05, 0.1) is 0 Å². The molecule has 1 atom stereocenters. The Balaban J connectivity index is 1.64. The molecule has 1 unspecified atom stereocenters. The van der Waals surface area contributed by atoms with Gasteiger partial charge in [-0.25, -0.2) is 9.97 Å². The molecule has 1 aromatic carbocycles. The number of amides is 1. The van der Waals surface area contributed by atoms with Crippen LogP contribution in [0.4, 0.5) is 5.95 Å². The standard InChI is InChI=1S/C20H26N4O/c1-15(23-16(2)25)12-17-6-8-18(9-7-17)19-13-21-20(22-14-19)24-10-4-3-5-11-24/h6-9,13-15H,3-5,10-12H2,1-2H3,(H,23,25). The molecule has 0 aliphatic carbocycles. The van der Waals surface area contributed by atoms with Gasteiger partial charge in [0.15, 0.2) is 0 Å². The lowest BCUT2D eigenvalue weighted by atomic mass is 10.0. The van der Waals surface area contributed by atoms with E-state index in [1.54, 1.807) is 6.92 Å². The van der Waals surface area contributed by atoms with Crippen LogP contribution in [0.25, 0.3) is 11.1 Å². The lowest BCUT2D eigenvalue weighted by Gasteiger charge is -2.26. The smallest absolute Gasteiger partial charge is 0.225 e. The highest BCUT2D eigenvalue weighted by molar-refractivity contribution is 5.73. The molecule has 2 aromatic rings. The maximum atomic E-state index is 11.1. The van der Waals surface area contributed by atoms with Crippen LogP contribution in [0.15, 0.2) is 36.7 Å². The molecule has 3 rings (SSSR count). The Morgan fingerprint density at radius 3 is 2.32 bits per heavy atom. The van der Waals surface area contributed by atoms with Crippen molar-refractivity contribution in [2.45, 2.75) is 45.6 Å². The highest BCUT2D eigenvalue weighted by atomic mass is 16.1. The first-order valence-electron chi connectivity index (χ1n) is 9.05. The van der Waals surface area contributed by atoms with Crippen molar-refractivity contribution in [3.8, 4) is 11.1 Å². The monoisotopic (exact) mass is 338 g/mol. The van der Waals surface area contributed by atoms with Crippen molar-refractivity contribution >= 4 is 11.9 Å². The van der Waals surface area contributed by atoms with Crippen LogP contribution in [-0.2, 0) is 11.2 Å². The van der Waals surface area contributed by atoms with Gasteiger partial charge < -0.3 is 10.2 Å². The summed E-state index contributed by atoms with van der Waals surface area (Å²) in [5.41, 5.74) is 3.35. The van der Waals surface area contributed by atoms with Gasteiger partial charge in [-0.1, -0.05) is 24.3 Å². The van der Waals surface area contributed by atoms with Crippen molar-refractivity contribution in [1.29, 1.82) is 0 Å². The Labute approximate surface area is 149 Å². The molecule has 1 aliphatic rings. The minimum atomic E-state index is 0.00932. The highest BCUT2D eigenvalue weighted by Gasteiger charge is 2.13. The van der Waals surface area contributed by atoms with E-state index in [0.717, 1.165) is 36.6 Å². The third-order valence-electron chi connectivity index (χ3n) is 4.56. The van der Waals surface area contributed by atoms with Crippen LogP contribution in [0.2, 0.25) is 0 Å². The van der Waals surface area contributed by atoms with Crippen molar-refractivity contribution in [3.63, 3.8) is 0 Å². The van der Waals surface area contributed by atoms with Crippen molar-refractivity contribution in [2.75, 3.05) is 18.0 Å². The van der Waals surface area contributed by atoms with E-state index in [0.29, 0.717) is 0 Å². The number of anilines is 1. The minimum Gasteiger partial charge on any atom is -0.354 e. The van der Waals surface area contributed by atoms with Crippen LogP contribution in [0, 0.1) is 0 Å². The van der Waals surface area contributed by atoms with Gasteiger partial charge in [-0.3, -0.25) is 4.79 Å². The summed E-state index contributed by atoms with van der Waals surface area (Å²) in [6, 6.07) is 8.53. The zero-order valence-electron chi connectivity index (χ0n) is 15.0. The Kier molecular flexibility index (Phi) is 5.64.